The van der Waals surface area contributed by atoms with Gasteiger partial charge in [0.2, 0.25) is 10.0 Å². The molecule has 0 aromatic heterocycles. The van der Waals surface area contributed by atoms with Crippen LogP contribution in [0.2, 0.25) is 10.0 Å². The van der Waals surface area contributed by atoms with E-state index in [1.54, 1.807) is 24.3 Å². The standard InChI is InChI=1S/C25H26Cl2N2O4S/c1-3-18-6-10-24(11-7-18)33-13-12-28-25(30)20-8-4-19(5-9-20)17-29(34(2,31)32)23-15-21(26)14-22(27)16-23/h4-11,14-16H,3,12-13,17H2,1-2H3,(H,28,30). The lowest BCUT2D eigenvalue weighted by Crippen LogP contribution is -2.29. The maximum absolute atomic E-state index is 12.4. The Morgan fingerprint density at radius 3 is 2.09 bits per heavy atom. The Morgan fingerprint density at radius 2 is 1.53 bits per heavy atom. The van der Waals surface area contributed by atoms with Crippen LogP contribution in [0.1, 0.15) is 28.4 Å². The molecule has 3 aromatic carbocycles. The zero-order valence-electron chi connectivity index (χ0n) is 18.9. The minimum Gasteiger partial charge on any atom is -0.492 e. The van der Waals surface area contributed by atoms with E-state index in [0.717, 1.165) is 18.4 Å². The second-order valence-electron chi connectivity index (χ2n) is 7.70. The average Bonchev–Trinajstić information content (AvgIpc) is 2.79. The fraction of sp³-hybridized carbons (Fsp3) is 0.240. The van der Waals surface area contributed by atoms with Crippen LogP contribution >= 0.6 is 23.2 Å². The number of ether oxygens (including phenoxy) is 1. The van der Waals surface area contributed by atoms with Gasteiger partial charge in [-0.1, -0.05) is 54.4 Å². The number of halogens is 2. The second-order valence-corrected chi connectivity index (χ2v) is 10.5. The van der Waals surface area contributed by atoms with Crippen molar-refractivity contribution in [1.82, 2.24) is 5.32 Å². The number of nitrogens with zero attached hydrogens (tertiary/aromatic N) is 1. The van der Waals surface area contributed by atoms with E-state index in [1.807, 2.05) is 24.3 Å². The van der Waals surface area contributed by atoms with Crippen LogP contribution in [0.25, 0.3) is 0 Å². The van der Waals surface area contributed by atoms with Crippen LogP contribution in [-0.4, -0.2) is 33.7 Å². The number of rotatable bonds is 10. The average molecular weight is 521 g/mol. The van der Waals surface area contributed by atoms with E-state index in [-0.39, 0.29) is 12.5 Å². The van der Waals surface area contributed by atoms with Crippen LogP contribution in [0.15, 0.2) is 66.7 Å². The lowest BCUT2D eigenvalue weighted by molar-refractivity contribution is 0.0947. The number of sulfonamides is 1. The minimum atomic E-state index is -3.60. The van der Waals surface area contributed by atoms with Crippen molar-refractivity contribution in [2.24, 2.45) is 0 Å². The number of anilines is 1. The molecule has 3 aromatic rings. The fourth-order valence-electron chi connectivity index (χ4n) is 3.27. The summed E-state index contributed by atoms with van der Waals surface area (Å²) in [5.41, 5.74) is 2.77. The Bertz CT molecular complexity index is 1210. The normalized spacial score (nSPS) is 11.2. The number of nitrogens with one attached hydrogen (secondary N) is 1. The van der Waals surface area contributed by atoms with Gasteiger partial charge in [-0.05, 0) is 60.0 Å². The van der Waals surface area contributed by atoms with Crippen molar-refractivity contribution in [3.8, 4) is 5.75 Å². The van der Waals surface area contributed by atoms with Crippen molar-refractivity contribution in [2.45, 2.75) is 19.9 Å². The van der Waals surface area contributed by atoms with Crippen molar-refractivity contribution in [2.75, 3.05) is 23.7 Å². The first-order valence-corrected chi connectivity index (χ1v) is 13.3. The molecule has 0 heterocycles. The van der Waals surface area contributed by atoms with Crippen LogP contribution in [-0.2, 0) is 23.0 Å². The topological polar surface area (TPSA) is 75.7 Å². The fourth-order valence-corrected chi connectivity index (χ4v) is 4.65. The highest BCUT2D eigenvalue weighted by Gasteiger charge is 2.19. The summed E-state index contributed by atoms with van der Waals surface area (Å²) in [7, 11) is -3.60. The first-order chi connectivity index (χ1) is 16.2. The van der Waals surface area contributed by atoms with Crippen molar-refractivity contribution in [3.05, 3.63) is 93.5 Å². The zero-order valence-corrected chi connectivity index (χ0v) is 21.3. The summed E-state index contributed by atoms with van der Waals surface area (Å²) in [4.78, 5) is 12.4. The van der Waals surface area contributed by atoms with Crippen LogP contribution in [0.4, 0.5) is 5.69 Å². The van der Waals surface area contributed by atoms with Crippen molar-refractivity contribution >= 4 is 44.8 Å². The molecule has 0 aliphatic rings. The molecule has 0 fully saturated rings. The van der Waals surface area contributed by atoms with E-state index in [1.165, 1.54) is 28.1 Å². The largest absolute Gasteiger partial charge is 0.492 e. The number of benzene rings is 3. The first-order valence-electron chi connectivity index (χ1n) is 10.7. The maximum atomic E-state index is 12.4. The summed E-state index contributed by atoms with van der Waals surface area (Å²) >= 11 is 12.1. The van der Waals surface area contributed by atoms with Crippen molar-refractivity contribution in [1.29, 1.82) is 0 Å². The van der Waals surface area contributed by atoms with Gasteiger partial charge in [-0.3, -0.25) is 9.10 Å². The molecule has 0 saturated carbocycles. The zero-order chi connectivity index (χ0) is 24.7. The predicted molar refractivity (Wildman–Crippen MR) is 138 cm³/mol. The first kappa shape index (κ1) is 25.9. The Hall–Kier alpha value is -2.74. The third-order valence-electron chi connectivity index (χ3n) is 5.07. The molecule has 3 rings (SSSR count). The van der Waals surface area contributed by atoms with Crippen LogP contribution in [0.5, 0.6) is 5.75 Å². The van der Waals surface area contributed by atoms with Crippen LogP contribution in [0, 0.1) is 0 Å². The summed E-state index contributed by atoms with van der Waals surface area (Å²) in [5, 5.41) is 3.49. The molecule has 0 aliphatic heterocycles. The Morgan fingerprint density at radius 1 is 0.941 bits per heavy atom. The molecular formula is C25H26Cl2N2O4S. The SMILES string of the molecule is CCc1ccc(OCCNC(=O)c2ccc(CN(c3cc(Cl)cc(Cl)c3)S(C)(=O)=O)cc2)cc1. The predicted octanol–water partition coefficient (Wildman–Crippen LogP) is 5.33. The summed E-state index contributed by atoms with van der Waals surface area (Å²) in [6, 6.07) is 19.2. The number of aryl methyl sites for hydroxylation is 1. The highest BCUT2D eigenvalue weighted by molar-refractivity contribution is 7.92. The molecule has 1 amide bonds. The smallest absolute Gasteiger partial charge is 0.251 e. The molecule has 9 heteroatoms. The summed E-state index contributed by atoms with van der Waals surface area (Å²) in [6.07, 6.45) is 2.08. The van der Waals surface area contributed by atoms with Gasteiger partial charge in [0.05, 0.1) is 25.0 Å². The summed E-state index contributed by atoms with van der Waals surface area (Å²) in [6.45, 7) is 2.87. The Balaban J connectivity index is 1.57. The van der Waals surface area contributed by atoms with E-state index in [9.17, 15) is 13.2 Å². The number of amides is 1. The molecule has 0 saturated heterocycles. The lowest BCUT2D eigenvalue weighted by atomic mass is 10.1. The highest BCUT2D eigenvalue weighted by atomic mass is 35.5. The lowest BCUT2D eigenvalue weighted by Gasteiger charge is -2.23. The number of carbonyl (C=O) groups excluding carboxylic acids is 1. The quantitative estimate of drug-likeness (QED) is 0.366. The van der Waals surface area contributed by atoms with Gasteiger partial charge in [-0.25, -0.2) is 8.42 Å². The van der Waals surface area contributed by atoms with Gasteiger partial charge in [-0.15, -0.1) is 0 Å². The van der Waals surface area contributed by atoms with E-state index in [2.05, 4.69) is 12.2 Å². The third-order valence-corrected chi connectivity index (χ3v) is 6.64. The molecule has 6 nitrogen and oxygen atoms in total. The summed E-state index contributed by atoms with van der Waals surface area (Å²) in [5.74, 6) is 0.519. The van der Waals surface area contributed by atoms with E-state index >= 15 is 0 Å². The molecule has 34 heavy (non-hydrogen) atoms. The van der Waals surface area contributed by atoms with E-state index in [0.29, 0.717) is 40.0 Å². The van der Waals surface area contributed by atoms with Gasteiger partial charge in [0, 0.05) is 15.6 Å². The van der Waals surface area contributed by atoms with Gasteiger partial charge >= 0.3 is 0 Å². The van der Waals surface area contributed by atoms with E-state index < -0.39 is 10.0 Å². The molecule has 0 atom stereocenters. The molecule has 1 N–H and O–H groups in total. The summed E-state index contributed by atoms with van der Waals surface area (Å²) < 4.78 is 31.6. The third kappa shape index (κ3) is 7.38. The van der Waals surface area contributed by atoms with Crippen molar-refractivity contribution < 1.29 is 17.9 Å². The minimum absolute atomic E-state index is 0.0715. The molecule has 0 aliphatic carbocycles. The molecule has 0 unspecified atom stereocenters. The number of hydrogen-bond donors (Lipinski definition) is 1. The van der Waals surface area contributed by atoms with Gasteiger partial charge in [0.25, 0.3) is 5.91 Å². The molecule has 180 valence electrons. The molecular weight excluding hydrogens is 495 g/mol. The molecule has 0 radical (unpaired) electrons. The maximum Gasteiger partial charge on any atom is 0.251 e. The number of hydrogen-bond acceptors (Lipinski definition) is 4. The van der Waals surface area contributed by atoms with Crippen LogP contribution in [0.3, 0.4) is 0 Å². The Labute approximate surface area is 210 Å². The number of carbonyl (C=O) groups is 1. The van der Waals surface area contributed by atoms with Gasteiger partial charge in [-0.2, -0.15) is 0 Å². The van der Waals surface area contributed by atoms with Gasteiger partial charge in [0.15, 0.2) is 0 Å². The van der Waals surface area contributed by atoms with Crippen LogP contribution < -0.4 is 14.4 Å². The highest BCUT2D eigenvalue weighted by Crippen LogP contribution is 2.28. The van der Waals surface area contributed by atoms with Crippen molar-refractivity contribution in [3.63, 3.8) is 0 Å². The van der Waals surface area contributed by atoms with Gasteiger partial charge in [0.1, 0.15) is 12.4 Å². The Kier molecular flexibility index (Phi) is 8.83. The molecule has 0 spiro atoms. The second kappa shape index (κ2) is 11.6. The van der Waals surface area contributed by atoms with E-state index in [4.69, 9.17) is 27.9 Å². The molecule has 0 bridgehead atoms. The monoisotopic (exact) mass is 520 g/mol. The van der Waals surface area contributed by atoms with Gasteiger partial charge < -0.3 is 10.1 Å².